The number of benzene rings is 1. The molecule has 1 unspecified atom stereocenters. The van der Waals surface area contributed by atoms with Crippen molar-refractivity contribution in [2.75, 3.05) is 12.0 Å². The topological polar surface area (TPSA) is 92.8 Å². The molecule has 3 amide bonds. The molecule has 1 aromatic carbocycles. The molecule has 0 saturated carbocycles. The fraction of sp³-hybridized carbons (Fsp3) is 0.312. The molecule has 26 heavy (non-hydrogen) atoms. The molecular formula is C16H14ClFN2O5S. The Bertz CT molecular complexity index is 858. The van der Waals surface area contributed by atoms with Gasteiger partial charge in [0.2, 0.25) is 0 Å². The van der Waals surface area contributed by atoms with Gasteiger partial charge < -0.3 is 0 Å². The van der Waals surface area contributed by atoms with Crippen LogP contribution in [0.3, 0.4) is 0 Å². The van der Waals surface area contributed by atoms with E-state index >= 15 is 0 Å². The van der Waals surface area contributed by atoms with Crippen LogP contribution in [0.15, 0.2) is 23.3 Å². The summed E-state index contributed by atoms with van der Waals surface area (Å²) < 4.78 is 32.2. The quantitative estimate of drug-likeness (QED) is 0.782. The monoisotopic (exact) mass is 400 g/mol. The first-order chi connectivity index (χ1) is 12.3. The van der Waals surface area contributed by atoms with Gasteiger partial charge in [-0.1, -0.05) is 11.6 Å². The Morgan fingerprint density at radius 3 is 2.35 bits per heavy atom. The molecule has 0 aromatic heterocycles. The van der Waals surface area contributed by atoms with Crippen LogP contribution in [-0.4, -0.2) is 29.0 Å². The second-order valence-electron chi connectivity index (χ2n) is 5.73. The van der Waals surface area contributed by atoms with Gasteiger partial charge in [0.15, 0.2) is 0 Å². The van der Waals surface area contributed by atoms with Gasteiger partial charge in [0.05, 0.1) is 23.4 Å². The number of amides is 3. The molecule has 3 rings (SSSR count). The van der Waals surface area contributed by atoms with Crippen LogP contribution in [-0.2, 0) is 25.0 Å². The first kappa shape index (κ1) is 18.7. The highest BCUT2D eigenvalue weighted by Crippen LogP contribution is 2.37. The van der Waals surface area contributed by atoms with Crippen LogP contribution in [0.2, 0.25) is 5.02 Å². The maximum Gasteiger partial charge on any atom is 0.266 e. The number of nitrogens with zero attached hydrogens (tertiary/aromatic N) is 1. The van der Waals surface area contributed by atoms with Crippen LogP contribution < -0.4 is 9.62 Å². The zero-order valence-electron chi connectivity index (χ0n) is 13.6. The Morgan fingerprint density at radius 1 is 1.23 bits per heavy atom. The van der Waals surface area contributed by atoms with Gasteiger partial charge in [0.25, 0.3) is 29.0 Å². The van der Waals surface area contributed by atoms with E-state index in [-0.39, 0.29) is 16.3 Å². The standard InChI is InChI=1S/C16H14ClFN2O5S/c1-25-26(24)19-14(21)10-6-13(12(18)7-11(10)17)20-15(22)8-4-2-3-5-9(8)16(20)23/h6-7H,2-5H2,1H3,(H,19,21). The highest BCUT2D eigenvalue weighted by atomic mass is 35.5. The van der Waals surface area contributed by atoms with E-state index in [9.17, 15) is 23.0 Å². The van der Waals surface area contributed by atoms with Crippen molar-refractivity contribution < 1.29 is 27.2 Å². The number of hydrogen-bond acceptors (Lipinski definition) is 5. The zero-order chi connectivity index (χ0) is 19.0. The van der Waals surface area contributed by atoms with E-state index in [2.05, 4.69) is 4.18 Å². The summed E-state index contributed by atoms with van der Waals surface area (Å²) in [6, 6.07) is 1.83. The molecule has 0 saturated heterocycles. The highest BCUT2D eigenvalue weighted by Gasteiger charge is 2.41. The molecule has 0 radical (unpaired) electrons. The molecule has 7 nitrogen and oxygen atoms in total. The molecule has 1 aliphatic heterocycles. The Balaban J connectivity index is 2.00. The van der Waals surface area contributed by atoms with Gasteiger partial charge in [0.1, 0.15) is 5.82 Å². The second kappa shape index (κ2) is 7.26. The summed E-state index contributed by atoms with van der Waals surface area (Å²) in [5.74, 6) is -2.98. The Kier molecular flexibility index (Phi) is 5.22. The Hall–Kier alpha value is -2.10. The minimum absolute atomic E-state index is 0.237. The van der Waals surface area contributed by atoms with Crippen molar-refractivity contribution in [2.24, 2.45) is 0 Å². The summed E-state index contributed by atoms with van der Waals surface area (Å²) in [5.41, 5.74) is 0.176. The average molecular weight is 401 g/mol. The maximum atomic E-state index is 14.4. The van der Waals surface area contributed by atoms with Gasteiger partial charge in [-0.3, -0.25) is 18.6 Å². The lowest BCUT2D eigenvalue weighted by Gasteiger charge is -2.17. The molecule has 0 spiro atoms. The molecule has 1 N–H and O–H groups in total. The molecule has 1 aromatic rings. The summed E-state index contributed by atoms with van der Waals surface area (Å²) in [7, 11) is 1.12. The van der Waals surface area contributed by atoms with Crippen LogP contribution >= 0.6 is 11.6 Å². The van der Waals surface area contributed by atoms with Crippen LogP contribution in [0.5, 0.6) is 0 Å². The highest BCUT2D eigenvalue weighted by molar-refractivity contribution is 7.78. The van der Waals surface area contributed by atoms with Crippen LogP contribution in [0.25, 0.3) is 0 Å². The minimum atomic E-state index is -2.11. The number of carbonyl (C=O) groups is 3. The lowest BCUT2D eigenvalue weighted by molar-refractivity contribution is -0.120. The first-order valence-electron chi connectivity index (χ1n) is 7.72. The van der Waals surface area contributed by atoms with E-state index in [0.29, 0.717) is 24.0 Å². The lowest BCUT2D eigenvalue weighted by Crippen LogP contribution is -2.33. The van der Waals surface area contributed by atoms with Crippen LogP contribution in [0.1, 0.15) is 36.0 Å². The summed E-state index contributed by atoms with van der Waals surface area (Å²) in [4.78, 5) is 38.0. The van der Waals surface area contributed by atoms with Gasteiger partial charge in [-0.15, -0.1) is 0 Å². The van der Waals surface area contributed by atoms with Crippen molar-refractivity contribution in [1.29, 1.82) is 0 Å². The smallest absolute Gasteiger partial charge is 0.266 e. The third-order valence-corrected chi connectivity index (χ3v) is 5.21. The third-order valence-electron chi connectivity index (χ3n) is 4.24. The van der Waals surface area contributed by atoms with E-state index in [1.165, 1.54) is 0 Å². The molecule has 0 bridgehead atoms. The number of halogens is 2. The summed E-state index contributed by atoms with van der Waals surface area (Å²) >= 11 is 3.78. The molecule has 10 heteroatoms. The van der Waals surface area contributed by atoms with Gasteiger partial charge in [-0.05, 0) is 37.8 Å². The van der Waals surface area contributed by atoms with Crippen molar-refractivity contribution >= 4 is 46.3 Å². The fourth-order valence-corrected chi connectivity index (χ4v) is 3.59. The number of anilines is 1. The number of carbonyl (C=O) groups excluding carboxylic acids is 3. The molecular weight excluding hydrogens is 387 g/mol. The summed E-state index contributed by atoms with van der Waals surface area (Å²) in [6.07, 6.45) is 2.49. The third kappa shape index (κ3) is 3.17. The first-order valence-corrected chi connectivity index (χ1v) is 9.17. The number of nitrogens with one attached hydrogen (secondary N) is 1. The van der Waals surface area contributed by atoms with E-state index in [4.69, 9.17) is 11.6 Å². The summed E-state index contributed by atoms with van der Waals surface area (Å²) in [5, 5.41) is -0.256. The fourth-order valence-electron chi connectivity index (χ4n) is 3.01. The predicted molar refractivity (Wildman–Crippen MR) is 92.0 cm³/mol. The molecule has 0 fully saturated rings. The largest absolute Gasteiger partial charge is 0.277 e. The van der Waals surface area contributed by atoms with Crippen LogP contribution in [0.4, 0.5) is 10.1 Å². The SMILES string of the molecule is COS(=O)NC(=O)c1cc(N2C(=O)C3=C(CCCC3)C2=O)c(F)cc1Cl. The van der Waals surface area contributed by atoms with Gasteiger partial charge >= 0.3 is 0 Å². The molecule has 1 aliphatic carbocycles. The number of imide groups is 1. The number of hydrogen-bond donors (Lipinski definition) is 1. The number of rotatable bonds is 4. The van der Waals surface area contributed by atoms with Crippen molar-refractivity contribution in [3.05, 3.63) is 39.7 Å². The minimum Gasteiger partial charge on any atom is -0.277 e. The van der Waals surface area contributed by atoms with Crippen molar-refractivity contribution in [3.8, 4) is 0 Å². The Morgan fingerprint density at radius 2 is 1.81 bits per heavy atom. The van der Waals surface area contributed by atoms with Crippen molar-refractivity contribution in [1.82, 2.24) is 4.72 Å². The van der Waals surface area contributed by atoms with Crippen molar-refractivity contribution in [3.63, 3.8) is 0 Å². The maximum absolute atomic E-state index is 14.4. The average Bonchev–Trinajstić information content (AvgIpc) is 2.86. The van der Waals surface area contributed by atoms with Crippen molar-refractivity contribution in [2.45, 2.75) is 25.7 Å². The zero-order valence-corrected chi connectivity index (χ0v) is 15.2. The Labute approximate surface area is 155 Å². The molecule has 2 aliphatic rings. The summed E-state index contributed by atoms with van der Waals surface area (Å²) in [6.45, 7) is 0. The van der Waals surface area contributed by atoms with Gasteiger partial charge in [-0.25, -0.2) is 18.2 Å². The molecule has 1 atom stereocenters. The van der Waals surface area contributed by atoms with E-state index in [1.807, 2.05) is 4.72 Å². The molecule has 1 heterocycles. The van der Waals surface area contributed by atoms with Crippen LogP contribution in [0, 0.1) is 5.82 Å². The lowest BCUT2D eigenvalue weighted by atomic mass is 9.93. The van der Waals surface area contributed by atoms with E-state index in [0.717, 1.165) is 37.0 Å². The van der Waals surface area contributed by atoms with E-state index < -0.39 is 34.8 Å². The van der Waals surface area contributed by atoms with Gasteiger partial charge in [0, 0.05) is 11.1 Å². The molecule has 138 valence electrons. The second-order valence-corrected chi connectivity index (χ2v) is 7.14. The van der Waals surface area contributed by atoms with E-state index in [1.54, 1.807) is 0 Å². The normalized spacial score (nSPS) is 18.2. The van der Waals surface area contributed by atoms with Gasteiger partial charge in [-0.2, -0.15) is 0 Å². The predicted octanol–water partition coefficient (Wildman–Crippen LogP) is 2.18.